The first-order chi connectivity index (χ1) is 8.15. The van der Waals surface area contributed by atoms with E-state index in [1.165, 1.54) is 18.2 Å². The summed E-state index contributed by atoms with van der Waals surface area (Å²) in [5.41, 5.74) is 1.18. The van der Waals surface area contributed by atoms with Crippen LogP contribution in [-0.2, 0) is 6.54 Å². The van der Waals surface area contributed by atoms with Gasteiger partial charge in [-0.3, -0.25) is 0 Å². The maximum Gasteiger partial charge on any atom is 0.159 e. The fourth-order valence-electron chi connectivity index (χ4n) is 1.45. The Kier molecular flexibility index (Phi) is 3.32. The van der Waals surface area contributed by atoms with Crippen molar-refractivity contribution in [2.24, 2.45) is 0 Å². The predicted octanol–water partition coefficient (Wildman–Crippen LogP) is 3.72. The molecule has 0 aliphatic heterocycles. The Morgan fingerprint density at radius 1 is 0.882 bits per heavy atom. The van der Waals surface area contributed by atoms with Crippen LogP contribution < -0.4 is 5.32 Å². The Bertz CT molecular complexity index is 526. The van der Waals surface area contributed by atoms with E-state index in [1.807, 2.05) is 0 Å². The van der Waals surface area contributed by atoms with Gasteiger partial charge in [0.2, 0.25) is 0 Å². The highest BCUT2D eigenvalue weighted by atomic mass is 19.2. The van der Waals surface area contributed by atoms with Crippen molar-refractivity contribution in [1.82, 2.24) is 0 Å². The number of nitrogens with one attached hydrogen (secondary N) is 1. The highest BCUT2D eigenvalue weighted by Crippen LogP contribution is 2.13. The van der Waals surface area contributed by atoms with E-state index in [9.17, 15) is 13.2 Å². The second kappa shape index (κ2) is 4.91. The van der Waals surface area contributed by atoms with Crippen molar-refractivity contribution in [3.63, 3.8) is 0 Å². The molecule has 88 valence electrons. The summed E-state index contributed by atoms with van der Waals surface area (Å²) >= 11 is 0. The Morgan fingerprint density at radius 3 is 2.41 bits per heavy atom. The average Bonchev–Trinajstić information content (AvgIpc) is 2.31. The largest absolute Gasteiger partial charge is 0.381 e. The van der Waals surface area contributed by atoms with Crippen molar-refractivity contribution < 1.29 is 13.2 Å². The zero-order valence-corrected chi connectivity index (χ0v) is 8.88. The molecule has 0 atom stereocenters. The van der Waals surface area contributed by atoms with Gasteiger partial charge in [-0.1, -0.05) is 12.1 Å². The van der Waals surface area contributed by atoms with Crippen molar-refractivity contribution in [2.45, 2.75) is 6.54 Å². The van der Waals surface area contributed by atoms with Gasteiger partial charge in [-0.2, -0.15) is 0 Å². The van der Waals surface area contributed by atoms with Gasteiger partial charge in [0.1, 0.15) is 5.82 Å². The van der Waals surface area contributed by atoms with Gasteiger partial charge < -0.3 is 5.32 Å². The minimum Gasteiger partial charge on any atom is -0.381 e. The molecule has 0 saturated carbocycles. The molecule has 0 fully saturated rings. The molecule has 17 heavy (non-hydrogen) atoms. The van der Waals surface area contributed by atoms with E-state index in [4.69, 9.17) is 0 Å². The number of halogens is 3. The minimum atomic E-state index is -0.886. The number of hydrogen-bond acceptors (Lipinski definition) is 1. The van der Waals surface area contributed by atoms with Gasteiger partial charge in [0.25, 0.3) is 0 Å². The summed E-state index contributed by atoms with van der Waals surface area (Å²) in [7, 11) is 0. The molecule has 0 amide bonds. The summed E-state index contributed by atoms with van der Waals surface area (Å²) in [5, 5.41) is 2.92. The van der Waals surface area contributed by atoms with Gasteiger partial charge in [-0.15, -0.1) is 0 Å². The smallest absolute Gasteiger partial charge is 0.159 e. The van der Waals surface area contributed by atoms with Gasteiger partial charge in [-0.25, -0.2) is 13.2 Å². The minimum absolute atomic E-state index is 0.306. The van der Waals surface area contributed by atoms with Crippen LogP contribution in [0.15, 0.2) is 42.5 Å². The first-order valence-corrected chi connectivity index (χ1v) is 5.08. The van der Waals surface area contributed by atoms with Crippen LogP contribution in [0.1, 0.15) is 5.56 Å². The predicted molar refractivity (Wildman–Crippen MR) is 60.1 cm³/mol. The Morgan fingerprint density at radius 2 is 1.71 bits per heavy atom. The average molecular weight is 237 g/mol. The van der Waals surface area contributed by atoms with Gasteiger partial charge in [0.15, 0.2) is 11.6 Å². The fraction of sp³-hybridized carbons (Fsp3) is 0.0769. The lowest BCUT2D eigenvalue weighted by Gasteiger charge is -2.06. The lowest BCUT2D eigenvalue weighted by Crippen LogP contribution is -2.00. The third-order valence-corrected chi connectivity index (χ3v) is 2.31. The molecule has 0 aromatic heterocycles. The first kappa shape index (κ1) is 11.5. The Hall–Kier alpha value is -1.97. The molecular formula is C13H10F3N. The maximum atomic E-state index is 12.9. The molecule has 0 saturated heterocycles. The highest BCUT2D eigenvalue weighted by Gasteiger charge is 2.02. The van der Waals surface area contributed by atoms with Crippen molar-refractivity contribution in [3.05, 3.63) is 65.5 Å². The molecule has 1 nitrogen and oxygen atoms in total. The maximum absolute atomic E-state index is 12.9. The third kappa shape index (κ3) is 3.00. The van der Waals surface area contributed by atoms with Crippen LogP contribution in [0, 0.1) is 17.5 Å². The molecule has 0 spiro atoms. The number of anilines is 1. The van der Waals surface area contributed by atoms with Crippen LogP contribution in [0.3, 0.4) is 0 Å². The third-order valence-electron chi connectivity index (χ3n) is 2.31. The van der Waals surface area contributed by atoms with E-state index in [2.05, 4.69) is 5.32 Å². The van der Waals surface area contributed by atoms with Crippen molar-refractivity contribution in [3.8, 4) is 0 Å². The van der Waals surface area contributed by atoms with Crippen LogP contribution in [0.5, 0.6) is 0 Å². The summed E-state index contributed by atoms with van der Waals surface area (Å²) < 4.78 is 38.4. The molecule has 0 aliphatic rings. The molecule has 2 aromatic carbocycles. The van der Waals surface area contributed by atoms with Crippen LogP contribution in [0.25, 0.3) is 0 Å². The summed E-state index contributed by atoms with van der Waals surface area (Å²) in [6, 6.07) is 9.60. The molecule has 0 radical (unpaired) electrons. The van der Waals surface area contributed by atoms with E-state index in [1.54, 1.807) is 12.1 Å². The van der Waals surface area contributed by atoms with Gasteiger partial charge >= 0.3 is 0 Å². The van der Waals surface area contributed by atoms with Crippen LogP contribution in [0.2, 0.25) is 0 Å². The molecule has 2 rings (SSSR count). The van der Waals surface area contributed by atoms with Gasteiger partial charge in [0.05, 0.1) is 0 Å². The molecule has 4 heteroatoms. The van der Waals surface area contributed by atoms with E-state index >= 15 is 0 Å². The highest BCUT2D eigenvalue weighted by molar-refractivity contribution is 5.43. The standard InChI is InChI=1S/C13H10F3N/c14-10-2-1-3-11(7-10)17-8-9-4-5-12(15)13(16)6-9/h1-7,17H,8H2. The monoisotopic (exact) mass is 237 g/mol. The normalized spacial score (nSPS) is 10.3. The lowest BCUT2D eigenvalue weighted by atomic mass is 10.2. The van der Waals surface area contributed by atoms with Crippen molar-refractivity contribution >= 4 is 5.69 Å². The number of benzene rings is 2. The quantitative estimate of drug-likeness (QED) is 0.857. The molecule has 1 N–H and O–H groups in total. The van der Waals surface area contributed by atoms with Gasteiger partial charge in [-0.05, 0) is 35.9 Å². The molecule has 0 heterocycles. The number of hydrogen-bond donors (Lipinski definition) is 1. The Labute approximate surface area is 96.9 Å². The van der Waals surface area contributed by atoms with E-state index in [0.717, 1.165) is 12.1 Å². The summed E-state index contributed by atoms with van der Waals surface area (Å²) in [4.78, 5) is 0. The lowest BCUT2D eigenvalue weighted by molar-refractivity contribution is 0.507. The van der Waals surface area contributed by atoms with Crippen LogP contribution in [0.4, 0.5) is 18.9 Å². The fourth-order valence-corrected chi connectivity index (χ4v) is 1.45. The Balaban J connectivity index is 2.05. The zero-order chi connectivity index (χ0) is 12.3. The summed E-state index contributed by atoms with van der Waals surface area (Å²) in [6.07, 6.45) is 0. The molecule has 0 aliphatic carbocycles. The van der Waals surface area contributed by atoms with Crippen LogP contribution >= 0.6 is 0 Å². The topological polar surface area (TPSA) is 12.0 Å². The zero-order valence-electron chi connectivity index (χ0n) is 8.88. The van der Waals surface area contributed by atoms with E-state index in [0.29, 0.717) is 17.8 Å². The molecule has 2 aromatic rings. The summed E-state index contributed by atoms with van der Waals surface area (Å²) in [6.45, 7) is 0.306. The van der Waals surface area contributed by atoms with E-state index in [-0.39, 0.29) is 5.82 Å². The van der Waals surface area contributed by atoms with Crippen molar-refractivity contribution in [1.29, 1.82) is 0 Å². The number of rotatable bonds is 3. The second-order valence-electron chi connectivity index (χ2n) is 3.61. The molecule has 0 unspecified atom stereocenters. The van der Waals surface area contributed by atoms with Crippen molar-refractivity contribution in [2.75, 3.05) is 5.32 Å². The molecule has 0 bridgehead atoms. The summed E-state index contributed by atoms with van der Waals surface area (Å²) in [5.74, 6) is -2.11. The molecular weight excluding hydrogens is 227 g/mol. The first-order valence-electron chi connectivity index (χ1n) is 5.08. The second-order valence-corrected chi connectivity index (χ2v) is 3.61. The van der Waals surface area contributed by atoms with Gasteiger partial charge in [0, 0.05) is 12.2 Å². The van der Waals surface area contributed by atoms with E-state index < -0.39 is 11.6 Å². The van der Waals surface area contributed by atoms with Crippen LogP contribution in [-0.4, -0.2) is 0 Å². The SMILES string of the molecule is Fc1cccc(NCc2ccc(F)c(F)c2)c1.